The van der Waals surface area contributed by atoms with Crippen LogP contribution in [0.3, 0.4) is 0 Å². The average molecular weight is 438 g/mol. The molecule has 0 bridgehead atoms. The van der Waals surface area contributed by atoms with Crippen LogP contribution in [0.25, 0.3) is 0 Å². The van der Waals surface area contributed by atoms with Gasteiger partial charge in [-0.05, 0) is 62.4 Å². The minimum atomic E-state index is -0.499. The molecule has 0 saturated heterocycles. The van der Waals surface area contributed by atoms with Gasteiger partial charge in [0.15, 0.2) is 0 Å². The Kier molecular flexibility index (Phi) is 7.68. The van der Waals surface area contributed by atoms with Gasteiger partial charge in [-0.1, -0.05) is 48.0 Å². The molecule has 1 amide bonds. The number of carbonyl (C=O) groups is 2. The number of amides is 1. The van der Waals surface area contributed by atoms with Gasteiger partial charge in [0, 0.05) is 11.4 Å². The van der Waals surface area contributed by atoms with Crippen LogP contribution in [-0.2, 0) is 9.47 Å². The summed E-state index contributed by atoms with van der Waals surface area (Å²) in [6, 6.07) is 25.1. The minimum absolute atomic E-state index is 0.364. The zero-order valence-electron chi connectivity index (χ0n) is 17.4. The van der Waals surface area contributed by atoms with Gasteiger partial charge in [-0.3, -0.25) is 0 Å². The molecule has 5 nitrogen and oxygen atoms in total. The summed E-state index contributed by atoms with van der Waals surface area (Å²) in [5.41, 5.74) is 1.82. The normalized spacial score (nSPS) is 12.5. The summed E-state index contributed by atoms with van der Waals surface area (Å²) in [6.07, 6.45) is -1.04. The van der Waals surface area contributed by atoms with E-state index in [1.165, 1.54) is 4.90 Å². The van der Waals surface area contributed by atoms with Crippen LogP contribution in [0.4, 0.5) is 16.2 Å². The number of rotatable bonds is 7. The van der Waals surface area contributed by atoms with Crippen molar-refractivity contribution in [3.8, 4) is 0 Å². The highest BCUT2D eigenvalue weighted by Gasteiger charge is 2.23. The monoisotopic (exact) mass is 437 g/mol. The molecule has 0 N–H and O–H groups in total. The second-order valence-electron chi connectivity index (χ2n) is 7.16. The number of esters is 1. The van der Waals surface area contributed by atoms with Gasteiger partial charge in [0.25, 0.3) is 0 Å². The van der Waals surface area contributed by atoms with Crippen LogP contribution in [-0.4, -0.2) is 24.3 Å². The average Bonchev–Trinajstić information content (AvgIpc) is 2.75. The summed E-state index contributed by atoms with van der Waals surface area (Å²) in [4.78, 5) is 26.8. The molecule has 2 unspecified atom stereocenters. The molecule has 0 spiro atoms. The van der Waals surface area contributed by atoms with Gasteiger partial charge >= 0.3 is 12.1 Å². The van der Waals surface area contributed by atoms with Crippen molar-refractivity contribution >= 4 is 35.0 Å². The van der Waals surface area contributed by atoms with E-state index in [4.69, 9.17) is 21.1 Å². The van der Waals surface area contributed by atoms with Crippen molar-refractivity contribution in [2.75, 3.05) is 4.90 Å². The van der Waals surface area contributed by atoms with Gasteiger partial charge in [0.1, 0.15) is 12.2 Å². The molecule has 0 aromatic heterocycles. The highest BCUT2D eigenvalue weighted by atomic mass is 35.5. The lowest BCUT2D eigenvalue weighted by molar-refractivity contribution is 0.0197. The van der Waals surface area contributed by atoms with E-state index >= 15 is 0 Å². The Bertz CT molecular complexity index is 954. The third-order valence-corrected chi connectivity index (χ3v) is 4.82. The fourth-order valence-corrected chi connectivity index (χ4v) is 3.27. The summed E-state index contributed by atoms with van der Waals surface area (Å²) < 4.78 is 11.1. The maximum atomic E-state index is 13.0. The Hall–Kier alpha value is -3.31. The predicted molar refractivity (Wildman–Crippen MR) is 122 cm³/mol. The van der Waals surface area contributed by atoms with Gasteiger partial charge in [0.2, 0.25) is 0 Å². The molecule has 3 aromatic rings. The van der Waals surface area contributed by atoms with Crippen LogP contribution < -0.4 is 4.90 Å². The second kappa shape index (κ2) is 10.6. The number of benzene rings is 3. The van der Waals surface area contributed by atoms with Crippen LogP contribution in [0.5, 0.6) is 0 Å². The zero-order valence-corrected chi connectivity index (χ0v) is 18.2. The summed E-state index contributed by atoms with van der Waals surface area (Å²) in [6.45, 7) is 3.54. The molecule has 0 radical (unpaired) electrons. The van der Waals surface area contributed by atoms with E-state index in [-0.39, 0.29) is 0 Å². The lowest BCUT2D eigenvalue weighted by atomic mass is 10.2. The first kappa shape index (κ1) is 22.4. The standard InChI is InChI=1S/C25H24ClNO4/c1-18(30-24(28)20-13-15-21(26)16-14-20)17-19(2)31-25(29)27(22-9-5-3-6-10-22)23-11-7-4-8-12-23/h3-16,18-19H,17H2,1-2H3. The van der Waals surface area contributed by atoms with Crippen LogP contribution in [0.1, 0.15) is 30.6 Å². The van der Waals surface area contributed by atoms with Gasteiger partial charge in [-0.15, -0.1) is 0 Å². The highest BCUT2D eigenvalue weighted by molar-refractivity contribution is 6.30. The van der Waals surface area contributed by atoms with E-state index in [2.05, 4.69) is 0 Å². The van der Waals surface area contributed by atoms with Crippen LogP contribution in [0, 0.1) is 0 Å². The molecular formula is C25H24ClNO4. The summed E-state index contributed by atoms with van der Waals surface area (Å²) >= 11 is 5.85. The summed E-state index contributed by atoms with van der Waals surface area (Å²) in [5, 5.41) is 0.548. The summed E-state index contributed by atoms with van der Waals surface area (Å²) in [5.74, 6) is -0.446. The Morgan fingerprint density at radius 1 is 0.774 bits per heavy atom. The third kappa shape index (κ3) is 6.33. The number of anilines is 2. The number of para-hydroxylation sites is 2. The lowest BCUT2D eigenvalue weighted by Crippen LogP contribution is -2.31. The number of ether oxygens (including phenoxy) is 2. The molecule has 0 heterocycles. The highest BCUT2D eigenvalue weighted by Crippen LogP contribution is 2.26. The van der Waals surface area contributed by atoms with Crippen molar-refractivity contribution in [1.82, 2.24) is 0 Å². The Morgan fingerprint density at radius 3 is 1.77 bits per heavy atom. The maximum absolute atomic E-state index is 13.0. The zero-order chi connectivity index (χ0) is 22.2. The first-order valence-electron chi connectivity index (χ1n) is 10.0. The number of hydrogen-bond donors (Lipinski definition) is 0. The Morgan fingerprint density at radius 2 is 1.26 bits per heavy atom. The van der Waals surface area contributed by atoms with Crippen LogP contribution in [0.2, 0.25) is 5.02 Å². The fourth-order valence-electron chi connectivity index (χ4n) is 3.14. The van der Waals surface area contributed by atoms with E-state index in [1.807, 2.05) is 60.7 Å². The van der Waals surface area contributed by atoms with Gasteiger partial charge < -0.3 is 9.47 Å². The van der Waals surface area contributed by atoms with Crippen molar-refractivity contribution in [2.45, 2.75) is 32.5 Å². The van der Waals surface area contributed by atoms with Crippen molar-refractivity contribution in [3.05, 3.63) is 95.5 Å². The van der Waals surface area contributed by atoms with E-state index in [0.29, 0.717) is 28.4 Å². The molecule has 0 saturated carbocycles. The van der Waals surface area contributed by atoms with Gasteiger partial charge in [0.05, 0.1) is 16.9 Å². The third-order valence-electron chi connectivity index (χ3n) is 4.57. The van der Waals surface area contributed by atoms with Crippen molar-refractivity contribution in [1.29, 1.82) is 0 Å². The van der Waals surface area contributed by atoms with Gasteiger partial charge in [-0.25, -0.2) is 14.5 Å². The first-order valence-corrected chi connectivity index (χ1v) is 10.4. The number of nitrogens with zero attached hydrogens (tertiary/aromatic N) is 1. The van der Waals surface area contributed by atoms with Crippen LogP contribution in [0.15, 0.2) is 84.9 Å². The molecule has 0 fully saturated rings. The number of hydrogen-bond acceptors (Lipinski definition) is 4. The fraction of sp³-hybridized carbons (Fsp3) is 0.200. The lowest BCUT2D eigenvalue weighted by Gasteiger charge is -2.25. The maximum Gasteiger partial charge on any atom is 0.419 e. The Balaban J connectivity index is 1.62. The summed E-state index contributed by atoms with van der Waals surface area (Å²) in [7, 11) is 0. The molecule has 6 heteroatoms. The molecule has 0 aliphatic heterocycles. The second-order valence-corrected chi connectivity index (χ2v) is 7.60. The van der Waals surface area contributed by atoms with Crippen molar-refractivity contribution in [2.24, 2.45) is 0 Å². The van der Waals surface area contributed by atoms with Gasteiger partial charge in [-0.2, -0.15) is 0 Å². The number of halogens is 1. The minimum Gasteiger partial charge on any atom is -0.459 e. The smallest absolute Gasteiger partial charge is 0.419 e. The molecular weight excluding hydrogens is 414 g/mol. The van der Waals surface area contributed by atoms with Crippen LogP contribution >= 0.6 is 11.6 Å². The van der Waals surface area contributed by atoms with E-state index in [1.54, 1.807) is 38.1 Å². The van der Waals surface area contributed by atoms with E-state index in [0.717, 1.165) is 0 Å². The van der Waals surface area contributed by atoms with Crippen molar-refractivity contribution < 1.29 is 19.1 Å². The predicted octanol–water partition coefficient (Wildman–Crippen LogP) is 6.64. The first-order chi connectivity index (χ1) is 14.9. The SMILES string of the molecule is CC(CC(C)OC(=O)N(c1ccccc1)c1ccccc1)OC(=O)c1ccc(Cl)cc1. The molecule has 160 valence electrons. The molecule has 2 atom stereocenters. The quantitative estimate of drug-likeness (QED) is 0.389. The largest absolute Gasteiger partial charge is 0.459 e. The topological polar surface area (TPSA) is 55.8 Å². The molecule has 3 rings (SSSR count). The Labute approximate surface area is 187 Å². The van der Waals surface area contributed by atoms with E-state index < -0.39 is 24.3 Å². The van der Waals surface area contributed by atoms with Crippen molar-refractivity contribution in [3.63, 3.8) is 0 Å². The number of carbonyl (C=O) groups excluding carboxylic acids is 2. The van der Waals surface area contributed by atoms with E-state index in [9.17, 15) is 9.59 Å². The molecule has 0 aliphatic carbocycles. The molecule has 0 aliphatic rings. The molecule has 31 heavy (non-hydrogen) atoms. The molecule has 3 aromatic carbocycles.